The van der Waals surface area contributed by atoms with Gasteiger partial charge in [0.2, 0.25) is 0 Å². The van der Waals surface area contributed by atoms with Crippen LogP contribution in [0.2, 0.25) is 5.02 Å². The van der Waals surface area contributed by atoms with Crippen LogP contribution in [0.4, 0.5) is 5.82 Å². The normalized spacial score (nSPS) is 10.4. The van der Waals surface area contributed by atoms with E-state index in [4.69, 9.17) is 11.6 Å². The number of nitrogens with one attached hydrogen (secondary N) is 1. The topological polar surface area (TPSA) is 42.0 Å². The molecule has 0 radical (unpaired) electrons. The molecule has 3 nitrogen and oxygen atoms in total. The van der Waals surface area contributed by atoms with Crippen LogP contribution in [0.1, 0.15) is 10.4 Å². The zero-order chi connectivity index (χ0) is 13.9. The summed E-state index contributed by atoms with van der Waals surface area (Å²) in [5.74, 6) is 0.243. The Morgan fingerprint density at radius 1 is 1.05 bits per heavy atom. The number of pyridine rings is 1. The maximum Gasteiger partial charge on any atom is 0.257 e. The van der Waals surface area contributed by atoms with Crippen LogP contribution in [-0.2, 0) is 0 Å². The van der Waals surface area contributed by atoms with E-state index < -0.39 is 0 Å². The zero-order valence-corrected chi connectivity index (χ0v) is 11.3. The summed E-state index contributed by atoms with van der Waals surface area (Å²) in [5.41, 5.74) is 0.616. The number of hydrogen-bond acceptors (Lipinski definition) is 2. The minimum atomic E-state index is -0.198. The molecule has 0 atom stereocenters. The number of carbonyl (C=O) groups is 1. The third-order valence-corrected chi connectivity index (χ3v) is 3.23. The molecule has 2 aromatic carbocycles. The molecule has 0 saturated heterocycles. The third-order valence-electron chi connectivity index (χ3n) is 3.00. The van der Waals surface area contributed by atoms with Gasteiger partial charge in [-0.2, -0.15) is 0 Å². The summed E-state index contributed by atoms with van der Waals surface area (Å²) in [4.78, 5) is 16.4. The Morgan fingerprint density at radius 3 is 2.70 bits per heavy atom. The minimum Gasteiger partial charge on any atom is -0.307 e. The van der Waals surface area contributed by atoms with Gasteiger partial charge in [0.05, 0.1) is 0 Å². The fraction of sp³-hybridized carbons (Fsp3) is 0. The lowest BCUT2D eigenvalue weighted by Crippen LogP contribution is -2.13. The highest BCUT2D eigenvalue weighted by Gasteiger charge is 2.10. The zero-order valence-electron chi connectivity index (χ0n) is 10.5. The lowest BCUT2D eigenvalue weighted by Gasteiger charge is -2.07. The number of aromatic nitrogens is 1. The van der Waals surface area contributed by atoms with Gasteiger partial charge in [0.15, 0.2) is 0 Å². The molecular formula is C16H11ClN2O. The number of hydrogen-bond donors (Lipinski definition) is 1. The molecule has 1 N–H and O–H groups in total. The number of carbonyl (C=O) groups excluding carboxylic acids is 1. The highest BCUT2D eigenvalue weighted by Crippen LogP contribution is 2.20. The SMILES string of the molecule is O=C(Nc1cc(Cl)ccn1)c1cccc2ccccc12. The van der Waals surface area contributed by atoms with Crippen molar-refractivity contribution < 1.29 is 4.79 Å². The Morgan fingerprint density at radius 2 is 1.85 bits per heavy atom. The predicted molar refractivity (Wildman–Crippen MR) is 81.1 cm³/mol. The molecule has 1 aromatic heterocycles. The van der Waals surface area contributed by atoms with Crippen molar-refractivity contribution >= 4 is 34.1 Å². The van der Waals surface area contributed by atoms with Crippen molar-refractivity contribution in [1.29, 1.82) is 0 Å². The van der Waals surface area contributed by atoms with Gasteiger partial charge >= 0.3 is 0 Å². The Balaban J connectivity index is 1.97. The van der Waals surface area contributed by atoms with E-state index in [0.29, 0.717) is 16.4 Å². The molecule has 0 unspecified atom stereocenters. The number of amides is 1. The van der Waals surface area contributed by atoms with Crippen molar-refractivity contribution in [1.82, 2.24) is 4.98 Å². The molecule has 3 aromatic rings. The molecule has 0 fully saturated rings. The summed E-state index contributed by atoms with van der Waals surface area (Å²) in [5, 5.41) is 5.23. The summed E-state index contributed by atoms with van der Waals surface area (Å²) in [6.45, 7) is 0. The van der Waals surface area contributed by atoms with Gasteiger partial charge in [-0.05, 0) is 29.0 Å². The number of fused-ring (bicyclic) bond motifs is 1. The summed E-state index contributed by atoms with van der Waals surface area (Å²) < 4.78 is 0. The van der Waals surface area contributed by atoms with Crippen LogP contribution in [0.15, 0.2) is 60.8 Å². The first kappa shape index (κ1) is 12.6. The van der Waals surface area contributed by atoms with Crippen molar-refractivity contribution in [3.05, 3.63) is 71.4 Å². The maximum atomic E-state index is 12.3. The largest absolute Gasteiger partial charge is 0.307 e. The lowest BCUT2D eigenvalue weighted by molar-refractivity contribution is 0.102. The van der Waals surface area contributed by atoms with Gasteiger partial charge in [-0.1, -0.05) is 48.0 Å². The standard InChI is InChI=1S/C16H11ClN2O/c17-12-8-9-18-15(10-12)19-16(20)14-7-3-5-11-4-1-2-6-13(11)14/h1-10H,(H,18,19,20). The molecule has 0 aliphatic rings. The number of anilines is 1. The van der Waals surface area contributed by atoms with E-state index in [1.807, 2.05) is 36.4 Å². The Labute approximate surface area is 121 Å². The first-order valence-corrected chi connectivity index (χ1v) is 6.52. The van der Waals surface area contributed by atoms with Gasteiger partial charge in [-0.3, -0.25) is 4.79 Å². The lowest BCUT2D eigenvalue weighted by atomic mass is 10.0. The van der Waals surface area contributed by atoms with Crippen LogP contribution in [-0.4, -0.2) is 10.9 Å². The van der Waals surface area contributed by atoms with Crippen LogP contribution in [0.3, 0.4) is 0 Å². The van der Waals surface area contributed by atoms with Crippen molar-refractivity contribution in [2.75, 3.05) is 5.32 Å². The Kier molecular flexibility index (Phi) is 3.35. The monoisotopic (exact) mass is 282 g/mol. The molecule has 1 heterocycles. The van der Waals surface area contributed by atoms with Gasteiger partial charge < -0.3 is 5.32 Å². The van der Waals surface area contributed by atoms with E-state index in [9.17, 15) is 4.79 Å². The first-order valence-electron chi connectivity index (χ1n) is 6.15. The molecule has 0 aliphatic carbocycles. The molecule has 98 valence electrons. The van der Waals surface area contributed by atoms with Gasteiger partial charge in [0.25, 0.3) is 5.91 Å². The number of benzene rings is 2. The average molecular weight is 283 g/mol. The van der Waals surface area contributed by atoms with Crippen molar-refractivity contribution in [2.45, 2.75) is 0 Å². The average Bonchev–Trinajstić information content (AvgIpc) is 2.46. The summed E-state index contributed by atoms with van der Waals surface area (Å²) >= 11 is 5.88. The van der Waals surface area contributed by atoms with E-state index in [1.54, 1.807) is 24.4 Å². The van der Waals surface area contributed by atoms with Gasteiger partial charge in [-0.15, -0.1) is 0 Å². The number of halogens is 1. The maximum absolute atomic E-state index is 12.3. The van der Waals surface area contributed by atoms with Crippen LogP contribution < -0.4 is 5.32 Å². The van der Waals surface area contributed by atoms with Gasteiger partial charge in [0, 0.05) is 16.8 Å². The van der Waals surface area contributed by atoms with Crippen LogP contribution in [0.25, 0.3) is 10.8 Å². The summed E-state index contributed by atoms with van der Waals surface area (Å²) in [6, 6.07) is 16.7. The number of nitrogens with zero attached hydrogens (tertiary/aromatic N) is 1. The van der Waals surface area contributed by atoms with Gasteiger partial charge in [0.1, 0.15) is 5.82 Å². The highest BCUT2D eigenvalue weighted by molar-refractivity contribution is 6.30. The molecule has 4 heteroatoms. The molecular weight excluding hydrogens is 272 g/mol. The molecule has 0 spiro atoms. The van der Waals surface area contributed by atoms with Crippen LogP contribution in [0, 0.1) is 0 Å². The van der Waals surface area contributed by atoms with E-state index in [0.717, 1.165) is 10.8 Å². The van der Waals surface area contributed by atoms with Crippen LogP contribution in [0.5, 0.6) is 0 Å². The second-order valence-corrected chi connectivity index (χ2v) is 4.78. The third kappa shape index (κ3) is 2.49. The fourth-order valence-electron chi connectivity index (χ4n) is 2.08. The fourth-order valence-corrected chi connectivity index (χ4v) is 2.24. The summed E-state index contributed by atoms with van der Waals surface area (Å²) in [6.07, 6.45) is 1.56. The van der Waals surface area contributed by atoms with E-state index in [1.165, 1.54) is 0 Å². The number of rotatable bonds is 2. The molecule has 3 rings (SSSR count). The van der Waals surface area contributed by atoms with Crippen LogP contribution >= 0.6 is 11.6 Å². The van der Waals surface area contributed by atoms with Crippen molar-refractivity contribution in [2.24, 2.45) is 0 Å². The predicted octanol–water partition coefficient (Wildman–Crippen LogP) is 4.14. The first-order chi connectivity index (χ1) is 9.74. The molecule has 0 bridgehead atoms. The highest BCUT2D eigenvalue weighted by atomic mass is 35.5. The smallest absolute Gasteiger partial charge is 0.257 e. The second kappa shape index (κ2) is 5.31. The second-order valence-electron chi connectivity index (χ2n) is 4.34. The summed E-state index contributed by atoms with van der Waals surface area (Å²) in [7, 11) is 0. The minimum absolute atomic E-state index is 0.198. The quantitative estimate of drug-likeness (QED) is 0.767. The van der Waals surface area contributed by atoms with E-state index >= 15 is 0 Å². The van der Waals surface area contributed by atoms with Crippen molar-refractivity contribution in [3.63, 3.8) is 0 Å². The molecule has 0 saturated carbocycles. The molecule has 1 amide bonds. The van der Waals surface area contributed by atoms with E-state index in [-0.39, 0.29) is 5.91 Å². The van der Waals surface area contributed by atoms with Gasteiger partial charge in [-0.25, -0.2) is 4.98 Å². The molecule has 0 aliphatic heterocycles. The Bertz CT molecular complexity index is 781. The Hall–Kier alpha value is -2.39. The van der Waals surface area contributed by atoms with E-state index in [2.05, 4.69) is 10.3 Å². The van der Waals surface area contributed by atoms with Crippen molar-refractivity contribution in [3.8, 4) is 0 Å². The molecule has 20 heavy (non-hydrogen) atoms.